The summed E-state index contributed by atoms with van der Waals surface area (Å²) in [5.41, 5.74) is 3.75. The van der Waals surface area contributed by atoms with Crippen molar-refractivity contribution in [2.45, 2.75) is 18.3 Å². The largest absolute Gasteiger partial charge is 0.311 e. The van der Waals surface area contributed by atoms with Gasteiger partial charge in [0.2, 0.25) is 0 Å². The molecule has 2 aliphatic heterocycles. The van der Waals surface area contributed by atoms with E-state index in [1.165, 1.54) is 34.9 Å². The first-order valence-corrected chi connectivity index (χ1v) is 11.6. The molecule has 0 N–H and O–H groups in total. The Balaban J connectivity index is 1.61. The Labute approximate surface area is 195 Å². The summed E-state index contributed by atoms with van der Waals surface area (Å²) in [5, 5.41) is 9.25. The number of hydrogen-bond donors (Lipinski definition) is 0. The fourth-order valence-electron chi connectivity index (χ4n) is 4.59. The maximum Gasteiger partial charge on any atom is 0.268 e. The van der Waals surface area contributed by atoms with Gasteiger partial charge in [-0.15, -0.1) is 11.8 Å². The first kappa shape index (κ1) is 21.2. The summed E-state index contributed by atoms with van der Waals surface area (Å²) in [6.07, 6.45) is 0. The second-order valence-electron chi connectivity index (χ2n) is 8.15. The monoisotopic (exact) mass is 457 g/mol. The first-order valence-electron chi connectivity index (χ1n) is 10.6. The van der Waals surface area contributed by atoms with Crippen LogP contribution in [0, 0.1) is 24.1 Å². The Morgan fingerprint density at radius 3 is 2.76 bits per heavy atom. The lowest BCUT2D eigenvalue weighted by Crippen LogP contribution is -2.50. The normalized spacial score (nSPS) is 19.1. The maximum absolute atomic E-state index is 14.5. The van der Waals surface area contributed by atoms with E-state index in [1.54, 1.807) is 29.2 Å². The van der Waals surface area contributed by atoms with Crippen LogP contribution in [0.15, 0.2) is 66.7 Å². The summed E-state index contributed by atoms with van der Waals surface area (Å²) in [5.74, 6) is -0.753. The predicted molar refractivity (Wildman–Crippen MR) is 125 cm³/mol. The van der Waals surface area contributed by atoms with Gasteiger partial charge in [0.25, 0.3) is 11.8 Å². The number of anilines is 1. The summed E-state index contributed by atoms with van der Waals surface area (Å²) in [7, 11) is 0. The summed E-state index contributed by atoms with van der Waals surface area (Å²) in [6, 6.07) is 20.9. The standard InChI is InChI=1S/C26H20FN3O2S/c1-17-9-10-23-21(13-17)26(25(32)29(23)16-19-6-4-5-18(14-19)15-28)30(11-12-33-26)24(31)20-7-2-3-8-22(20)27/h2-10,13-14H,11-12,16H2,1H3. The zero-order valence-corrected chi connectivity index (χ0v) is 18.7. The number of hydrogen-bond acceptors (Lipinski definition) is 4. The van der Waals surface area contributed by atoms with Crippen LogP contribution in [0.4, 0.5) is 10.1 Å². The van der Waals surface area contributed by atoms with E-state index in [-0.39, 0.29) is 18.0 Å². The van der Waals surface area contributed by atoms with Gasteiger partial charge in [-0.2, -0.15) is 5.26 Å². The van der Waals surface area contributed by atoms with E-state index in [9.17, 15) is 19.2 Å². The number of halogens is 1. The molecule has 164 valence electrons. The van der Waals surface area contributed by atoms with Crippen LogP contribution < -0.4 is 4.90 Å². The van der Waals surface area contributed by atoms with Crippen molar-refractivity contribution in [2.75, 3.05) is 17.2 Å². The van der Waals surface area contributed by atoms with Gasteiger partial charge in [-0.25, -0.2) is 4.39 Å². The van der Waals surface area contributed by atoms with Gasteiger partial charge in [0.1, 0.15) is 5.82 Å². The molecule has 5 nitrogen and oxygen atoms in total. The van der Waals surface area contributed by atoms with Crippen molar-refractivity contribution in [3.8, 4) is 6.07 Å². The van der Waals surface area contributed by atoms with Crippen molar-refractivity contribution in [2.24, 2.45) is 0 Å². The number of nitriles is 1. The molecule has 1 spiro atoms. The van der Waals surface area contributed by atoms with Crippen LogP contribution >= 0.6 is 11.8 Å². The lowest BCUT2D eigenvalue weighted by atomic mass is 10.0. The molecule has 0 bridgehead atoms. The minimum Gasteiger partial charge on any atom is -0.311 e. The van der Waals surface area contributed by atoms with E-state index in [2.05, 4.69) is 6.07 Å². The second-order valence-corrected chi connectivity index (χ2v) is 9.44. The van der Waals surface area contributed by atoms with Crippen molar-refractivity contribution in [1.82, 2.24) is 4.90 Å². The van der Waals surface area contributed by atoms with Crippen molar-refractivity contribution in [3.63, 3.8) is 0 Å². The van der Waals surface area contributed by atoms with Crippen LogP contribution in [-0.2, 0) is 16.2 Å². The van der Waals surface area contributed by atoms with Crippen LogP contribution in [0.5, 0.6) is 0 Å². The minimum atomic E-state index is -1.24. The number of amides is 2. The SMILES string of the molecule is Cc1ccc2c(c1)C1(SCCN1C(=O)c1ccccc1F)C(=O)N2Cc1cccc(C#N)c1. The number of thioether (sulfide) groups is 1. The number of benzene rings is 3. The molecular weight excluding hydrogens is 437 g/mol. The quantitative estimate of drug-likeness (QED) is 0.577. The van der Waals surface area contributed by atoms with Crippen molar-refractivity contribution < 1.29 is 14.0 Å². The maximum atomic E-state index is 14.5. The molecule has 1 saturated heterocycles. The topological polar surface area (TPSA) is 64.4 Å². The molecule has 3 aromatic carbocycles. The summed E-state index contributed by atoms with van der Waals surface area (Å²) in [6.45, 7) is 2.56. The van der Waals surface area contributed by atoms with Gasteiger partial charge in [0, 0.05) is 17.9 Å². The van der Waals surface area contributed by atoms with E-state index in [0.29, 0.717) is 17.9 Å². The summed E-state index contributed by atoms with van der Waals surface area (Å²) < 4.78 is 14.5. The van der Waals surface area contributed by atoms with Gasteiger partial charge in [-0.05, 0) is 42.8 Å². The van der Waals surface area contributed by atoms with E-state index in [1.807, 2.05) is 31.2 Å². The molecular formula is C26H20FN3O2S. The molecule has 0 aromatic heterocycles. The van der Waals surface area contributed by atoms with Gasteiger partial charge in [-0.1, -0.05) is 42.0 Å². The fourth-order valence-corrected chi connectivity index (χ4v) is 6.04. The lowest BCUT2D eigenvalue weighted by Gasteiger charge is -2.33. The second kappa shape index (κ2) is 8.05. The molecule has 0 aliphatic carbocycles. The smallest absolute Gasteiger partial charge is 0.268 e. The van der Waals surface area contributed by atoms with E-state index in [4.69, 9.17) is 0 Å². The number of fused-ring (bicyclic) bond motifs is 2. The molecule has 7 heteroatoms. The Morgan fingerprint density at radius 1 is 1.15 bits per heavy atom. The number of aryl methyl sites for hydroxylation is 1. The Morgan fingerprint density at radius 2 is 1.97 bits per heavy atom. The van der Waals surface area contributed by atoms with E-state index >= 15 is 0 Å². The Bertz CT molecular complexity index is 1340. The third-order valence-corrected chi connectivity index (χ3v) is 7.51. The Kier molecular flexibility index (Phi) is 5.18. The van der Waals surface area contributed by atoms with Crippen LogP contribution in [-0.4, -0.2) is 29.0 Å². The lowest BCUT2D eigenvalue weighted by molar-refractivity contribution is -0.123. The van der Waals surface area contributed by atoms with Crippen LogP contribution in [0.1, 0.15) is 32.6 Å². The summed E-state index contributed by atoms with van der Waals surface area (Å²) in [4.78, 5) is 29.5. The molecule has 2 heterocycles. The van der Waals surface area contributed by atoms with Crippen LogP contribution in [0.2, 0.25) is 0 Å². The molecule has 3 aromatic rings. The summed E-state index contributed by atoms with van der Waals surface area (Å²) >= 11 is 1.41. The molecule has 2 amide bonds. The van der Waals surface area contributed by atoms with Crippen LogP contribution in [0.3, 0.4) is 0 Å². The van der Waals surface area contributed by atoms with Gasteiger partial charge in [-0.3, -0.25) is 9.59 Å². The molecule has 33 heavy (non-hydrogen) atoms. The van der Waals surface area contributed by atoms with Gasteiger partial charge < -0.3 is 9.80 Å². The third-order valence-electron chi connectivity index (χ3n) is 6.10. The highest BCUT2D eigenvalue weighted by atomic mass is 32.2. The highest BCUT2D eigenvalue weighted by Crippen LogP contribution is 2.55. The number of nitrogens with zero attached hydrogens (tertiary/aromatic N) is 3. The number of carbonyl (C=O) groups is 2. The minimum absolute atomic E-state index is 0.0402. The molecule has 0 saturated carbocycles. The average molecular weight is 458 g/mol. The molecule has 1 atom stereocenters. The van der Waals surface area contributed by atoms with E-state index in [0.717, 1.165) is 22.4 Å². The van der Waals surface area contributed by atoms with Crippen molar-refractivity contribution in [1.29, 1.82) is 5.26 Å². The third kappa shape index (κ3) is 3.30. The molecule has 5 rings (SSSR count). The van der Waals surface area contributed by atoms with Gasteiger partial charge in [0.05, 0.1) is 29.4 Å². The van der Waals surface area contributed by atoms with Crippen molar-refractivity contribution >= 4 is 29.3 Å². The zero-order chi connectivity index (χ0) is 23.2. The number of carbonyl (C=O) groups excluding carboxylic acids is 2. The average Bonchev–Trinajstić information content (AvgIpc) is 3.36. The Hall–Kier alpha value is -3.63. The van der Waals surface area contributed by atoms with Crippen LogP contribution in [0.25, 0.3) is 0 Å². The number of rotatable bonds is 3. The molecule has 1 unspecified atom stereocenters. The van der Waals surface area contributed by atoms with Gasteiger partial charge in [0.15, 0.2) is 4.87 Å². The fraction of sp³-hybridized carbons (Fsp3) is 0.192. The first-order chi connectivity index (χ1) is 16.0. The molecule has 2 aliphatic rings. The highest BCUT2D eigenvalue weighted by molar-refractivity contribution is 8.01. The highest BCUT2D eigenvalue weighted by Gasteiger charge is 2.59. The molecule has 0 radical (unpaired) electrons. The zero-order valence-electron chi connectivity index (χ0n) is 17.9. The van der Waals surface area contributed by atoms with E-state index < -0.39 is 16.6 Å². The molecule has 1 fully saturated rings. The predicted octanol–water partition coefficient (Wildman–Crippen LogP) is 4.59. The van der Waals surface area contributed by atoms with Gasteiger partial charge >= 0.3 is 0 Å². The van der Waals surface area contributed by atoms with Crippen molar-refractivity contribution in [3.05, 3.63) is 100 Å².